The fraction of sp³-hybridized carbons (Fsp3) is 0.469. The van der Waals surface area contributed by atoms with Gasteiger partial charge in [-0.15, -0.1) is 0 Å². The number of nitrogens with zero attached hydrogens (tertiary/aromatic N) is 4. The maximum atomic E-state index is 14.4. The van der Waals surface area contributed by atoms with Crippen molar-refractivity contribution in [2.24, 2.45) is 17.8 Å². The van der Waals surface area contributed by atoms with Gasteiger partial charge in [-0.25, -0.2) is 19.6 Å². The molecule has 10 rings (SSSR count). The van der Waals surface area contributed by atoms with Crippen LogP contribution in [-0.4, -0.2) is 127 Å². The minimum Gasteiger partial charge on any atom is -0.453 e. The van der Waals surface area contributed by atoms with E-state index in [1.54, 1.807) is 0 Å². The van der Waals surface area contributed by atoms with Gasteiger partial charge in [-0.2, -0.15) is 0 Å². The van der Waals surface area contributed by atoms with E-state index < -0.39 is 32.3 Å². The first kappa shape index (κ1) is 43.8. The monoisotopic (exact) mass is 914 g/mol. The number of amides is 4. The number of hydrogen-bond donors (Lipinski definition) is 4. The van der Waals surface area contributed by atoms with Crippen molar-refractivity contribution in [1.82, 2.24) is 40.4 Å². The molecule has 4 amide bonds. The Morgan fingerprint density at radius 3 is 2.03 bits per heavy atom. The Labute approximate surface area is 384 Å². The van der Waals surface area contributed by atoms with Crippen molar-refractivity contribution in [2.75, 3.05) is 46.8 Å². The number of ether oxygens (including phenoxy) is 4. The summed E-state index contributed by atoms with van der Waals surface area (Å²) in [5.41, 5.74) is 5.72. The van der Waals surface area contributed by atoms with Crippen LogP contribution in [0, 0.1) is 17.8 Å². The third-order valence-corrected chi connectivity index (χ3v) is 17.3. The predicted molar refractivity (Wildman–Crippen MR) is 250 cm³/mol. The van der Waals surface area contributed by atoms with E-state index in [1.165, 1.54) is 14.2 Å². The minimum atomic E-state index is -1.82. The summed E-state index contributed by atoms with van der Waals surface area (Å²) < 4.78 is 21.0. The highest BCUT2D eigenvalue weighted by molar-refractivity contribution is 6.78. The molecule has 5 aliphatic rings. The number of alkyl carbamates (subject to hydrolysis) is 2. The number of imidazole rings is 2. The van der Waals surface area contributed by atoms with E-state index in [4.69, 9.17) is 28.9 Å². The molecule has 66 heavy (non-hydrogen) atoms. The van der Waals surface area contributed by atoms with E-state index in [9.17, 15) is 19.2 Å². The van der Waals surface area contributed by atoms with Crippen LogP contribution < -0.4 is 10.6 Å². The molecule has 6 atom stereocenters. The van der Waals surface area contributed by atoms with Crippen LogP contribution in [0.25, 0.3) is 44.2 Å². The van der Waals surface area contributed by atoms with Crippen molar-refractivity contribution in [1.29, 1.82) is 0 Å². The zero-order valence-electron chi connectivity index (χ0n) is 37.9. The fourth-order valence-corrected chi connectivity index (χ4v) is 13.9. The molecule has 2 aromatic heterocycles. The van der Waals surface area contributed by atoms with Crippen LogP contribution in [0.4, 0.5) is 9.59 Å². The molecule has 6 heterocycles. The molecule has 16 nitrogen and oxygen atoms in total. The van der Waals surface area contributed by atoms with Gasteiger partial charge >= 0.3 is 12.2 Å². The van der Waals surface area contributed by atoms with Gasteiger partial charge in [-0.05, 0) is 84.2 Å². The molecule has 4 fully saturated rings. The lowest BCUT2D eigenvalue weighted by molar-refractivity contribution is -0.138. The van der Waals surface area contributed by atoms with Gasteiger partial charge in [0.15, 0.2) is 0 Å². The Bertz CT molecular complexity index is 2670. The summed E-state index contributed by atoms with van der Waals surface area (Å²) >= 11 is 0. The number of methoxy groups -OCH3 is 2. The van der Waals surface area contributed by atoms with E-state index in [-0.39, 0.29) is 47.7 Å². The Morgan fingerprint density at radius 2 is 1.39 bits per heavy atom. The van der Waals surface area contributed by atoms with Crippen LogP contribution in [0.3, 0.4) is 0 Å². The molecule has 0 bridgehead atoms. The summed E-state index contributed by atoms with van der Waals surface area (Å²) in [5.74, 6) is 1.41. The van der Waals surface area contributed by atoms with Gasteiger partial charge in [0, 0.05) is 43.9 Å². The zero-order valence-corrected chi connectivity index (χ0v) is 38.9. The Morgan fingerprint density at radius 1 is 0.758 bits per heavy atom. The highest BCUT2D eigenvalue weighted by atomic mass is 28.3. The van der Waals surface area contributed by atoms with Crippen LogP contribution in [0.5, 0.6) is 0 Å². The first-order valence-corrected chi connectivity index (χ1v) is 26.6. The lowest BCUT2D eigenvalue weighted by Gasteiger charge is -2.38. The van der Waals surface area contributed by atoms with Gasteiger partial charge in [0.2, 0.25) is 11.8 Å². The number of fused-ring (bicyclic) bond motifs is 4. The van der Waals surface area contributed by atoms with Gasteiger partial charge in [0.25, 0.3) is 0 Å². The number of likely N-dealkylation sites (tertiary alicyclic amines) is 1. The molecule has 17 heteroatoms. The number of carbonyl (C=O) groups excluding carboxylic acids is 4. The van der Waals surface area contributed by atoms with Crippen molar-refractivity contribution in [3.63, 3.8) is 0 Å². The van der Waals surface area contributed by atoms with E-state index in [0.717, 1.165) is 68.3 Å². The molecule has 0 radical (unpaired) electrons. The van der Waals surface area contributed by atoms with Crippen LogP contribution in [0.15, 0.2) is 72.9 Å². The number of rotatable bonds is 10. The second kappa shape index (κ2) is 18.0. The van der Waals surface area contributed by atoms with Gasteiger partial charge in [-0.1, -0.05) is 67.7 Å². The van der Waals surface area contributed by atoms with Crippen molar-refractivity contribution in [3.05, 3.63) is 84.6 Å². The van der Waals surface area contributed by atoms with Crippen LogP contribution in [0.1, 0.15) is 55.8 Å². The number of H-pyrrole nitrogens is 2. The number of aromatic amines is 2. The summed E-state index contributed by atoms with van der Waals surface area (Å²) in [5, 5.41) is 7.80. The molecular weight excluding hydrogens is 857 g/mol. The van der Waals surface area contributed by atoms with Crippen molar-refractivity contribution in [3.8, 4) is 22.4 Å². The summed E-state index contributed by atoms with van der Waals surface area (Å²) in [7, 11) is 0.813. The maximum Gasteiger partial charge on any atom is 0.407 e. The summed E-state index contributed by atoms with van der Waals surface area (Å²) in [4.78, 5) is 74.8. The Hall–Kier alpha value is -6.04. The molecule has 0 spiro atoms. The molecule has 5 aromatic rings. The normalized spacial score (nSPS) is 23.9. The van der Waals surface area contributed by atoms with Gasteiger partial charge in [-0.3, -0.25) is 9.59 Å². The first-order chi connectivity index (χ1) is 32.0. The first-order valence-electron chi connectivity index (χ1n) is 23.2. The highest BCUT2D eigenvalue weighted by Gasteiger charge is 2.50. The van der Waals surface area contributed by atoms with Crippen LogP contribution in [0.2, 0.25) is 19.1 Å². The van der Waals surface area contributed by atoms with Gasteiger partial charge < -0.3 is 49.3 Å². The van der Waals surface area contributed by atoms with Crippen LogP contribution in [-0.2, 0) is 28.5 Å². The van der Waals surface area contributed by atoms with Gasteiger partial charge in [0.1, 0.15) is 23.7 Å². The smallest absolute Gasteiger partial charge is 0.407 e. The Balaban J connectivity index is 0.867. The molecule has 3 aromatic carbocycles. The van der Waals surface area contributed by atoms with Gasteiger partial charge in [0.05, 0.1) is 63.3 Å². The molecule has 4 aliphatic heterocycles. The van der Waals surface area contributed by atoms with E-state index in [1.807, 2.05) is 16.0 Å². The molecule has 6 unspecified atom stereocenters. The largest absolute Gasteiger partial charge is 0.453 e. The van der Waals surface area contributed by atoms with E-state index in [2.05, 4.69) is 100 Å². The predicted octanol–water partition coefficient (Wildman–Crippen LogP) is 7.03. The topological polar surface area (TPSA) is 193 Å². The number of aromatic nitrogens is 4. The number of carbonyl (C=O) groups is 4. The summed E-state index contributed by atoms with van der Waals surface area (Å²) in [6.07, 6.45) is 8.99. The van der Waals surface area contributed by atoms with Crippen molar-refractivity contribution >= 4 is 53.9 Å². The molecular formula is C49H58N8O8Si. The molecule has 346 valence electrons. The average Bonchev–Trinajstić information content (AvgIpc) is 4.13. The number of hydrogen-bond acceptors (Lipinski definition) is 10. The fourth-order valence-electron chi connectivity index (χ4n) is 11.0. The number of benzene rings is 3. The second-order valence-corrected chi connectivity index (χ2v) is 24.3. The zero-order chi connectivity index (χ0) is 45.7. The van der Waals surface area contributed by atoms with Crippen LogP contribution >= 0.6 is 0 Å². The quantitative estimate of drug-likeness (QED) is 0.0835. The third-order valence-electron chi connectivity index (χ3n) is 14.6. The van der Waals surface area contributed by atoms with E-state index >= 15 is 0 Å². The standard InChI is InChI=1S/C49H58N8O8Si/c1-62-48(60)54-41(30-15-19-64-20-16-30)46(58)56-27-66(3,4)26-40(56)45-51-36-13-10-33-23-32(9-12-35(33)43(36)53-45)28-5-7-29(8-6-28)37-25-50-44(52-37)39-24-34-11-14-38(34)57(39)47(59)42(55-49(61)63-2)31-17-21-65-22-18-31/h5-14,23,25,30-31,34,38-42H,15-22,24,26-27H2,1-4H3,(H,50,52)(H,51,53)(H,54,60)(H,55,61). The van der Waals surface area contributed by atoms with E-state index in [0.29, 0.717) is 58.3 Å². The molecule has 0 saturated carbocycles. The average molecular weight is 915 g/mol. The number of nitrogens with one attached hydrogen (secondary N) is 4. The second-order valence-electron chi connectivity index (χ2n) is 19.3. The Kier molecular flexibility index (Phi) is 11.9. The highest BCUT2D eigenvalue weighted by Crippen LogP contribution is 2.46. The third kappa shape index (κ3) is 8.36. The lowest BCUT2D eigenvalue weighted by Crippen LogP contribution is -2.55. The summed E-state index contributed by atoms with van der Waals surface area (Å²) in [6.45, 7) is 6.81. The lowest BCUT2D eigenvalue weighted by atomic mass is 9.88. The maximum absolute atomic E-state index is 14.4. The molecule has 4 N–H and O–H groups in total. The summed E-state index contributed by atoms with van der Waals surface area (Å²) in [6, 6.07) is 17.9. The molecule has 1 aliphatic carbocycles. The van der Waals surface area contributed by atoms with Crippen molar-refractivity contribution in [2.45, 2.75) is 81.5 Å². The van der Waals surface area contributed by atoms with Crippen molar-refractivity contribution < 1.29 is 38.1 Å². The molecule has 4 saturated heterocycles. The minimum absolute atomic E-state index is 0.0415. The SMILES string of the molecule is COC(=O)NC(C(=O)N1C[Si](C)(C)CC1c1nc2c(ccc3cc(-c4ccc(-c5cnc(C6CC7C=CC7N6C(=O)C(NC(=O)OC)C6CCOCC6)[nH]5)cc4)ccc32)[nH]1)C1CCOCC1.